The van der Waals surface area contributed by atoms with Crippen LogP contribution in [0.5, 0.6) is 0 Å². The maximum absolute atomic E-state index is 12.0. The average molecular weight is 380 g/mol. The molecule has 1 amide bonds. The molecule has 2 nitrogen and oxygen atoms in total. The van der Waals surface area contributed by atoms with Crippen molar-refractivity contribution in [1.82, 2.24) is 4.90 Å². The molecule has 80 valence electrons. The Morgan fingerprint density at radius 2 is 2.33 bits per heavy atom. The maximum atomic E-state index is 12.0. The molecule has 0 aliphatic carbocycles. The number of amides is 1. The summed E-state index contributed by atoms with van der Waals surface area (Å²) in [7, 11) is 1.76. The van der Waals surface area contributed by atoms with Crippen LogP contribution in [0.25, 0.3) is 0 Å². The van der Waals surface area contributed by atoms with E-state index >= 15 is 0 Å². The molecule has 0 radical (unpaired) electrons. The number of hydrogen-bond donors (Lipinski definition) is 0. The van der Waals surface area contributed by atoms with Crippen LogP contribution in [0.2, 0.25) is 0 Å². The fourth-order valence-corrected chi connectivity index (χ4v) is 2.07. The van der Waals surface area contributed by atoms with Gasteiger partial charge in [0.2, 0.25) is 0 Å². The second-order valence-electron chi connectivity index (χ2n) is 3.10. The highest BCUT2D eigenvalue weighted by atomic mass is 127. The van der Waals surface area contributed by atoms with Crippen LogP contribution in [0.3, 0.4) is 0 Å². The van der Waals surface area contributed by atoms with Crippen LogP contribution >= 0.6 is 38.5 Å². The van der Waals surface area contributed by atoms with Gasteiger partial charge in [-0.25, -0.2) is 0 Å². The Kier molecular flexibility index (Phi) is 4.79. The molecule has 0 aromatic heterocycles. The Balaban J connectivity index is 2.99. The van der Waals surface area contributed by atoms with Crippen LogP contribution in [-0.2, 0) is 0 Å². The van der Waals surface area contributed by atoms with Gasteiger partial charge < -0.3 is 4.90 Å². The van der Waals surface area contributed by atoms with E-state index in [1.54, 1.807) is 18.0 Å². The number of carbonyl (C=O) groups is 1. The number of likely N-dealkylation sites (N-methyl/N-ethyl adjacent to an activating group) is 1. The zero-order chi connectivity index (χ0) is 11.4. The zero-order valence-electron chi connectivity index (χ0n) is 8.34. The van der Waals surface area contributed by atoms with Crippen molar-refractivity contribution in [3.05, 3.63) is 44.5 Å². The molecule has 1 aromatic carbocycles. The van der Waals surface area contributed by atoms with Gasteiger partial charge in [0.1, 0.15) is 0 Å². The van der Waals surface area contributed by atoms with Crippen LogP contribution < -0.4 is 0 Å². The zero-order valence-corrected chi connectivity index (χ0v) is 12.1. The van der Waals surface area contributed by atoms with E-state index < -0.39 is 0 Å². The summed E-state index contributed by atoms with van der Waals surface area (Å²) in [6.45, 7) is 4.17. The van der Waals surface area contributed by atoms with Crippen molar-refractivity contribution in [3.63, 3.8) is 0 Å². The summed E-state index contributed by atoms with van der Waals surface area (Å²) in [5.41, 5.74) is 0.717. The lowest BCUT2D eigenvalue weighted by Crippen LogP contribution is -2.27. The molecule has 15 heavy (non-hydrogen) atoms. The maximum Gasteiger partial charge on any atom is 0.254 e. The molecular weight excluding hydrogens is 369 g/mol. The van der Waals surface area contributed by atoms with E-state index in [2.05, 4.69) is 45.1 Å². The first kappa shape index (κ1) is 12.7. The highest BCUT2D eigenvalue weighted by molar-refractivity contribution is 14.1. The molecule has 0 bridgehead atoms. The third-order valence-corrected chi connectivity index (χ3v) is 3.34. The van der Waals surface area contributed by atoms with Crippen LogP contribution in [0.15, 0.2) is 35.3 Å². The van der Waals surface area contributed by atoms with Crippen molar-refractivity contribution < 1.29 is 4.79 Å². The number of rotatable bonds is 3. The molecule has 1 aromatic rings. The Hall–Kier alpha value is -0.360. The van der Waals surface area contributed by atoms with E-state index in [-0.39, 0.29) is 5.91 Å². The third kappa shape index (κ3) is 3.31. The van der Waals surface area contributed by atoms with E-state index in [0.29, 0.717) is 12.1 Å². The van der Waals surface area contributed by atoms with E-state index in [4.69, 9.17) is 0 Å². The average Bonchev–Trinajstić information content (AvgIpc) is 2.21. The van der Waals surface area contributed by atoms with Gasteiger partial charge in [-0.15, -0.1) is 6.58 Å². The molecule has 0 unspecified atom stereocenters. The number of halogens is 2. The van der Waals surface area contributed by atoms with Gasteiger partial charge in [0.25, 0.3) is 5.91 Å². The first-order valence-corrected chi connectivity index (χ1v) is 6.25. The van der Waals surface area contributed by atoms with Gasteiger partial charge in [0.05, 0.1) is 5.56 Å². The second kappa shape index (κ2) is 5.65. The molecule has 4 heteroatoms. The largest absolute Gasteiger partial charge is 0.338 e. The Labute approximate surface area is 112 Å². The van der Waals surface area contributed by atoms with Crippen molar-refractivity contribution in [2.75, 3.05) is 13.6 Å². The van der Waals surface area contributed by atoms with Crippen molar-refractivity contribution in [3.8, 4) is 0 Å². The minimum atomic E-state index is 0.0144. The number of nitrogens with zero attached hydrogens (tertiary/aromatic N) is 1. The molecule has 0 aliphatic heterocycles. The van der Waals surface area contributed by atoms with Crippen LogP contribution in [0.4, 0.5) is 0 Å². The quantitative estimate of drug-likeness (QED) is 0.582. The molecule has 1 rings (SSSR count). The van der Waals surface area contributed by atoms with Gasteiger partial charge in [-0.05, 0) is 40.8 Å². The minimum absolute atomic E-state index is 0.0144. The molecule has 0 saturated carbocycles. The summed E-state index contributed by atoms with van der Waals surface area (Å²) >= 11 is 5.52. The summed E-state index contributed by atoms with van der Waals surface area (Å²) in [5.74, 6) is 0.0144. The highest BCUT2D eigenvalue weighted by Crippen LogP contribution is 2.19. The molecule has 0 aliphatic rings. The lowest BCUT2D eigenvalue weighted by Gasteiger charge is -2.15. The van der Waals surface area contributed by atoms with Gasteiger partial charge in [-0.3, -0.25) is 4.79 Å². The summed E-state index contributed by atoms with van der Waals surface area (Å²) in [5, 5.41) is 0. The number of carbonyl (C=O) groups excluding carboxylic acids is 1. The summed E-state index contributed by atoms with van der Waals surface area (Å²) in [4.78, 5) is 13.6. The van der Waals surface area contributed by atoms with E-state index in [0.717, 1.165) is 8.04 Å². The lowest BCUT2D eigenvalue weighted by molar-refractivity contribution is 0.0809. The van der Waals surface area contributed by atoms with Crippen LogP contribution in [-0.4, -0.2) is 24.4 Å². The Morgan fingerprint density at radius 1 is 1.67 bits per heavy atom. The predicted octanol–water partition coefficient (Wildman–Crippen LogP) is 3.31. The van der Waals surface area contributed by atoms with Crippen LogP contribution in [0, 0.1) is 3.57 Å². The summed E-state index contributed by atoms with van der Waals surface area (Å²) in [6.07, 6.45) is 1.71. The summed E-state index contributed by atoms with van der Waals surface area (Å²) in [6, 6.07) is 5.68. The molecule has 0 heterocycles. The minimum Gasteiger partial charge on any atom is -0.338 e. The Bertz CT molecular complexity index is 392. The normalized spacial score (nSPS) is 9.80. The monoisotopic (exact) mass is 379 g/mol. The fraction of sp³-hybridized carbons (Fsp3) is 0.182. The molecule has 0 atom stereocenters. The standard InChI is InChI=1S/C11H11BrINO/c1-3-6-14(2)11(15)9-7-8(12)4-5-10(9)13/h3-5,7H,1,6H2,2H3. The molecule has 0 N–H and O–H groups in total. The molecular formula is C11H11BrINO. The lowest BCUT2D eigenvalue weighted by atomic mass is 10.2. The fourth-order valence-electron chi connectivity index (χ4n) is 1.14. The topological polar surface area (TPSA) is 20.3 Å². The van der Waals surface area contributed by atoms with E-state index in [9.17, 15) is 4.79 Å². The van der Waals surface area contributed by atoms with Gasteiger partial charge in [0.15, 0.2) is 0 Å². The van der Waals surface area contributed by atoms with E-state index in [1.165, 1.54) is 0 Å². The number of benzene rings is 1. The number of hydrogen-bond acceptors (Lipinski definition) is 1. The molecule has 0 fully saturated rings. The van der Waals surface area contributed by atoms with Crippen molar-refractivity contribution >= 4 is 44.4 Å². The molecule has 0 spiro atoms. The second-order valence-corrected chi connectivity index (χ2v) is 5.18. The highest BCUT2D eigenvalue weighted by Gasteiger charge is 2.13. The van der Waals surface area contributed by atoms with Gasteiger partial charge >= 0.3 is 0 Å². The first-order valence-electron chi connectivity index (χ1n) is 4.37. The SMILES string of the molecule is C=CCN(C)C(=O)c1cc(Br)ccc1I. The van der Waals surface area contributed by atoms with Gasteiger partial charge in [-0.1, -0.05) is 22.0 Å². The smallest absolute Gasteiger partial charge is 0.254 e. The van der Waals surface area contributed by atoms with Gasteiger partial charge in [-0.2, -0.15) is 0 Å². The van der Waals surface area contributed by atoms with E-state index in [1.807, 2.05) is 18.2 Å². The van der Waals surface area contributed by atoms with Crippen LogP contribution in [0.1, 0.15) is 10.4 Å². The van der Waals surface area contributed by atoms with Crippen molar-refractivity contribution in [1.29, 1.82) is 0 Å². The predicted molar refractivity (Wildman–Crippen MR) is 74.0 cm³/mol. The Morgan fingerprint density at radius 3 is 2.93 bits per heavy atom. The van der Waals surface area contributed by atoms with Crippen molar-refractivity contribution in [2.24, 2.45) is 0 Å². The first-order chi connectivity index (χ1) is 7.06. The van der Waals surface area contributed by atoms with Gasteiger partial charge in [0, 0.05) is 21.6 Å². The third-order valence-electron chi connectivity index (χ3n) is 1.91. The molecule has 0 saturated heterocycles. The van der Waals surface area contributed by atoms with Crippen molar-refractivity contribution in [2.45, 2.75) is 0 Å². The summed E-state index contributed by atoms with van der Waals surface area (Å²) < 4.78 is 1.87.